The van der Waals surface area contributed by atoms with E-state index in [0.29, 0.717) is 11.7 Å². The first-order valence-electron chi connectivity index (χ1n) is 6.06. The van der Waals surface area contributed by atoms with E-state index in [2.05, 4.69) is 20.2 Å². The molecule has 0 unspecified atom stereocenters. The Morgan fingerprint density at radius 1 is 1.10 bits per heavy atom. The van der Waals surface area contributed by atoms with Gasteiger partial charge in [-0.15, -0.1) is 0 Å². The van der Waals surface area contributed by atoms with Crippen molar-refractivity contribution in [3.05, 3.63) is 42.7 Å². The predicted octanol–water partition coefficient (Wildman–Crippen LogP) is 2.12. The van der Waals surface area contributed by atoms with E-state index in [-0.39, 0.29) is 0 Å². The molecule has 0 aliphatic carbocycles. The van der Waals surface area contributed by atoms with Crippen LogP contribution in [0, 0.1) is 0 Å². The maximum atomic E-state index is 5.96. The number of aromatic nitrogens is 4. The number of nitrogens with one attached hydrogen (secondary N) is 1. The number of hydrogen-bond acceptors (Lipinski definition) is 5. The van der Waals surface area contributed by atoms with Crippen LogP contribution in [0.5, 0.6) is 5.88 Å². The van der Waals surface area contributed by atoms with Crippen molar-refractivity contribution < 1.29 is 4.74 Å². The van der Waals surface area contributed by atoms with Gasteiger partial charge in [0, 0.05) is 12.4 Å². The van der Waals surface area contributed by atoms with Crippen LogP contribution in [-0.4, -0.2) is 27.3 Å². The first-order valence-corrected chi connectivity index (χ1v) is 6.06. The number of H-pyrrole nitrogens is 1. The van der Waals surface area contributed by atoms with E-state index in [1.54, 1.807) is 19.5 Å². The van der Waals surface area contributed by atoms with Crippen molar-refractivity contribution in [1.29, 1.82) is 0 Å². The van der Waals surface area contributed by atoms with E-state index in [9.17, 15) is 0 Å². The quantitative estimate of drug-likeness (QED) is 0.758. The van der Waals surface area contributed by atoms with Gasteiger partial charge < -0.3 is 10.5 Å². The van der Waals surface area contributed by atoms with Crippen LogP contribution in [0.15, 0.2) is 42.7 Å². The van der Waals surface area contributed by atoms with Gasteiger partial charge in [-0.1, -0.05) is 6.07 Å². The third kappa shape index (κ3) is 1.97. The van der Waals surface area contributed by atoms with E-state index < -0.39 is 0 Å². The molecule has 6 nitrogen and oxygen atoms in total. The fraction of sp³-hybridized carbons (Fsp3) is 0.0714. The SMILES string of the molecule is COc1ncccc1-c1[nH]nc(N)c1-c1ccccn1. The monoisotopic (exact) mass is 267 g/mol. The van der Waals surface area contributed by atoms with Crippen LogP contribution in [0.4, 0.5) is 5.82 Å². The molecule has 0 saturated heterocycles. The molecule has 100 valence electrons. The molecular formula is C14H13N5O. The largest absolute Gasteiger partial charge is 0.481 e. The number of rotatable bonds is 3. The molecular weight excluding hydrogens is 254 g/mol. The van der Waals surface area contributed by atoms with E-state index in [4.69, 9.17) is 10.5 Å². The second-order valence-corrected chi connectivity index (χ2v) is 4.13. The topological polar surface area (TPSA) is 89.7 Å². The Kier molecular flexibility index (Phi) is 3.04. The Hall–Kier alpha value is -2.89. The summed E-state index contributed by atoms with van der Waals surface area (Å²) < 4.78 is 5.28. The van der Waals surface area contributed by atoms with E-state index in [0.717, 1.165) is 22.5 Å². The summed E-state index contributed by atoms with van der Waals surface area (Å²) in [6.45, 7) is 0. The summed E-state index contributed by atoms with van der Waals surface area (Å²) in [5.74, 6) is 0.901. The minimum absolute atomic E-state index is 0.393. The van der Waals surface area contributed by atoms with Gasteiger partial charge in [0.05, 0.1) is 29.6 Å². The molecule has 0 amide bonds. The zero-order valence-electron chi connectivity index (χ0n) is 10.9. The molecule has 0 bridgehead atoms. The lowest BCUT2D eigenvalue weighted by molar-refractivity contribution is 0.399. The Balaban J connectivity index is 2.22. The fourth-order valence-corrected chi connectivity index (χ4v) is 2.06. The van der Waals surface area contributed by atoms with E-state index >= 15 is 0 Å². The summed E-state index contributed by atoms with van der Waals surface area (Å²) in [4.78, 5) is 8.51. The Morgan fingerprint density at radius 2 is 1.95 bits per heavy atom. The van der Waals surface area contributed by atoms with Gasteiger partial charge >= 0.3 is 0 Å². The highest BCUT2D eigenvalue weighted by atomic mass is 16.5. The molecule has 0 aromatic carbocycles. The lowest BCUT2D eigenvalue weighted by Crippen LogP contribution is -1.94. The molecule has 3 N–H and O–H groups in total. The van der Waals surface area contributed by atoms with Crippen molar-refractivity contribution in [1.82, 2.24) is 20.2 Å². The van der Waals surface area contributed by atoms with Crippen LogP contribution < -0.4 is 10.5 Å². The average Bonchev–Trinajstić information content (AvgIpc) is 2.89. The molecule has 6 heteroatoms. The van der Waals surface area contributed by atoms with E-state index in [1.165, 1.54) is 0 Å². The number of nitrogen functional groups attached to an aromatic ring is 1. The van der Waals surface area contributed by atoms with Crippen LogP contribution in [0.2, 0.25) is 0 Å². The van der Waals surface area contributed by atoms with Crippen molar-refractivity contribution in [3.8, 4) is 28.4 Å². The molecule has 0 saturated carbocycles. The fourth-order valence-electron chi connectivity index (χ4n) is 2.06. The van der Waals surface area contributed by atoms with E-state index in [1.807, 2.05) is 30.3 Å². The van der Waals surface area contributed by atoms with Crippen LogP contribution in [0.25, 0.3) is 22.5 Å². The molecule has 3 aromatic rings. The van der Waals surface area contributed by atoms with Crippen molar-refractivity contribution >= 4 is 5.82 Å². The van der Waals surface area contributed by atoms with Crippen LogP contribution in [-0.2, 0) is 0 Å². The molecule has 0 aliphatic heterocycles. The van der Waals surface area contributed by atoms with Crippen molar-refractivity contribution in [2.75, 3.05) is 12.8 Å². The van der Waals surface area contributed by atoms with Crippen LogP contribution >= 0.6 is 0 Å². The number of pyridine rings is 2. The number of aromatic amines is 1. The van der Waals surface area contributed by atoms with Crippen LogP contribution in [0.3, 0.4) is 0 Å². The molecule has 3 aromatic heterocycles. The van der Waals surface area contributed by atoms with Gasteiger partial charge in [-0.25, -0.2) is 4.98 Å². The normalized spacial score (nSPS) is 10.4. The first kappa shape index (κ1) is 12.2. The maximum Gasteiger partial charge on any atom is 0.222 e. The number of nitrogens with zero attached hydrogens (tertiary/aromatic N) is 3. The molecule has 0 radical (unpaired) electrons. The minimum atomic E-state index is 0.393. The molecule has 3 heterocycles. The highest BCUT2D eigenvalue weighted by Crippen LogP contribution is 2.36. The van der Waals surface area contributed by atoms with Gasteiger partial charge in [0.1, 0.15) is 0 Å². The molecule has 0 fully saturated rings. The van der Waals surface area contributed by atoms with Crippen molar-refractivity contribution in [3.63, 3.8) is 0 Å². The zero-order valence-corrected chi connectivity index (χ0v) is 10.9. The van der Waals surface area contributed by atoms with Crippen molar-refractivity contribution in [2.45, 2.75) is 0 Å². The number of methoxy groups -OCH3 is 1. The zero-order chi connectivity index (χ0) is 13.9. The second-order valence-electron chi connectivity index (χ2n) is 4.13. The molecule has 3 rings (SSSR count). The molecule has 20 heavy (non-hydrogen) atoms. The third-order valence-electron chi connectivity index (χ3n) is 2.95. The predicted molar refractivity (Wildman–Crippen MR) is 76.0 cm³/mol. The molecule has 0 atom stereocenters. The van der Waals surface area contributed by atoms with Gasteiger partial charge in [0.25, 0.3) is 0 Å². The number of nitrogens with two attached hydrogens (primary N) is 1. The summed E-state index contributed by atoms with van der Waals surface area (Å²) in [5.41, 5.74) is 8.99. The second kappa shape index (κ2) is 5.00. The first-order chi connectivity index (χ1) is 9.81. The maximum absolute atomic E-state index is 5.96. The third-order valence-corrected chi connectivity index (χ3v) is 2.95. The molecule has 0 spiro atoms. The summed E-state index contributed by atoms with van der Waals surface area (Å²) >= 11 is 0. The Labute approximate surface area is 115 Å². The smallest absolute Gasteiger partial charge is 0.222 e. The Morgan fingerprint density at radius 3 is 2.70 bits per heavy atom. The van der Waals surface area contributed by atoms with Gasteiger partial charge in [0.15, 0.2) is 5.82 Å². The van der Waals surface area contributed by atoms with Crippen molar-refractivity contribution in [2.24, 2.45) is 0 Å². The highest BCUT2D eigenvalue weighted by Gasteiger charge is 2.18. The standard InChI is InChI=1S/C14H13N5O/c1-20-14-9(5-4-8-17-14)12-11(13(15)19-18-12)10-6-2-3-7-16-10/h2-8H,1H3,(H3,15,18,19). The minimum Gasteiger partial charge on any atom is -0.481 e. The number of anilines is 1. The summed E-state index contributed by atoms with van der Waals surface area (Å²) in [6, 6.07) is 9.36. The summed E-state index contributed by atoms with van der Waals surface area (Å²) in [5, 5.41) is 7.00. The lowest BCUT2D eigenvalue weighted by Gasteiger charge is -2.07. The summed E-state index contributed by atoms with van der Waals surface area (Å²) in [7, 11) is 1.58. The van der Waals surface area contributed by atoms with Gasteiger partial charge in [0.2, 0.25) is 5.88 Å². The summed E-state index contributed by atoms with van der Waals surface area (Å²) in [6.07, 6.45) is 3.38. The lowest BCUT2D eigenvalue weighted by atomic mass is 10.1. The number of ether oxygens (including phenoxy) is 1. The van der Waals surface area contributed by atoms with Gasteiger partial charge in [-0.2, -0.15) is 5.10 Å². The average molecular weight is 267 g/mol. The van der Waals surface area contributed by atoms with Gasteiger partial charge in [-0.3, -0.25) is 10.1 Å². The highest BCUT2D eigenvalue weighted by molar-refractivity contribution is 5.87. The van der Waals surface area contributed by atoms with Gasteiger partial charge in [-0.05, 0) is 24.3 Å². The number of hydrogen-bond donors (Lipinski definition) is 2. The Bertz CT molecular complexity index is 723. The van der Waals surface area contributed by atoms with Crippen LogP contribution in [0.1, 0.15) is 0 Å². The molecule has 0 aliphatic rings.